The maximum atomic E-state index is 13.5. The van der Waals surface area contributed by atoms with Crippen molar-refractivity contribution in [2.24, 2.45) is 0 Å². The van der Waals surface area contributed by atoms with E-state index in [0.29, 0.717) is 6.07 Å². The van der Waals surface area contributed by atoms with Crippen LogP contribution in [0.3, 0.4) is 0 Å². The van der Waals surface area contributed by atoms with Gasteiger partial charge in [0.1, 0.15) is 5.75 Å². The predicted molar refractivity (Wildman–Crippen MR) is 94.9 cm³/mol. The number of benzene rings is 1. The van der Waals surface area contributed by atoms with Gasteiger partial charge in [0.25, 0.3) is 5.91 Å². The summed E-state index contributed by atoms with van der Waals surface area (Å²) in [5.41, 5.74) is -3.42. The molecule has 1 atom stereocenters. The van der Waals surface area contributed by atoms with Crippen molar-refractivity contribution in [2.75, 3.05) is 32.2 Å². The monoisotopic (exact) mass is 418 g/mol. The second-order valence-electron chi connectivity index (χ2n) is 6.42. The van der Waals surface area contributed by atoms with Crippen molar-refractivity contribution < 1.29 is 41.8 Å². The quantitative estimate of drug-likeness (QED) is 0.739. The summed E-state index contributed by atoms with van der Waals surface area (Å²) in [7, 11) is 2.12. The summed E-state index contributed by atoms with van der Waals surface area (Å²) < 4.78 is 55.0. The number of nitrogens with zero attached hydrogens (tertiary/aromatic N) is 1. The van der Waals surface area contributed by atoms with E-state index >= 15 is 0 Å². The number of alkyl carbamates (subject to hydrolysis) is 1. The lowest BCUT2D eigenvalue weighted by Crippen LogP contribution is -2.55. The van der Waals surface area contributed by atoms with E-state index in [0.717, 1.165) is 13.2 Å². The first-order chi connectivity index (χ1) is 13.5. The summed E-state index contributed by atoms with van der Waals surface area (Å²) in [6.45, 7) is 3.00. The molecule has 0 bridgehead atoms. The van der Waals surface area contributed by atoms with Gasteiger partial charge in [0.2, 0.25) is 0 Å². The summed E-state index contributed by atoms with van der Waals surface area (Å²) >= 11 is 0. The number of methoxy groups -OCH3 is 2. The molecule has 8 nitrogen and oxygen atoms in total. The van der Waals surface area contributed by atoms with Crippen LogP contribution >= 0.6 is 0 Å². The zero-order valence-corrected chi connectivity index (χ0v) is 16.3. The van der Waals surface area contributed by atoms with Crippen LogP contribution in [0.5, 0.6) is 5.75 Å². The molecule has 1 N–H and O–H groups in total. The molecule has 2 rings (SSSR count). The van der Waals surface area contributed by atoms with Crippen molar-refractivity contribution in [1.82, 2.24) is 5.32 Å². The number of alkyl halides is 3. The van der Waals surface area contributed by atoms with Gasteiger partial charge in [-0.2, -0.15) is 13.2 Å². The molecule has 1 aromatic rings. The van der Waals surface area contributed by atoms with E-state index in [4.69, 9.17) is 4.74 Å². The number of esters is 1. The molecule has 1 aliphatic rings. The normalized spacial score (nSPS) is 18.6. The van der Waals surface area contributed by atoms with Crippen LogP contribution in [0, 0.1) is 0 Å². The molecule has 1 heterocycles. The Morgan fingerprint density at radius 3 is 2.41 bits per heavy atom. The van der Waals surface area contributed by atoms with E-state index in [1.165, 1.54) is 18.9 Å². The van der Waals surface area contributed by atoms with Crippen molar-refractivity contribution in [2.45, 2.75) is 32.0 Å². The fraction of sp³-hybridized carbons (Fsp3) is 0.500. The van der Waals surface area contributed by atoms with Crippen molar-refractivity contribution in [3.8, 4) is 5.75 Å². The topological polar surface area (TPSA) is 94.2 Å². The van der Waals surface area contributed by atoms with Crippen LogP contribution in [0.15, 0.2) is 12.1 Å². The Labute approximate surface area is 164 Å². The van der Waals surface area contributed by atoms with Crippen LogP contribution in [0.25, 0.3) is 0 Å². The minimum atomic E-state index is -4.84. The maximum absolute atomic E-state index is 13.5. The number of halogens is 3. The minimum absolute atomic E-state index is 0.0269. The van der Waals surface area contributed by atoms with E-state index in [1.807, 2.05) is 0 Å². The third-order valence-corrected chi connectivity index (χ3v) is 4.60. The summed E-state index contributed by atoms with van der Waals surface area (Å²) in [5.74, 6) is -1.93. The summed E-state index contributed by atoms with van der Waals surface area (Å²) in [6, 6.07) is 1.60. The van der Waals surface area contributed by atoms with E-state index in [2.05, 4.69) is 14.8 Å². The fourth-order valence-corrected chi connectivity index (χ4v) is 2.84. The largest absolute Gasteiger partial charge is 0.476 e. The number of hydrogen-bond donors (Lipinski definition) is 1. The van der Waals surface area contributed by atoms with Gasteiger partial charge in [-0.25, -0.2) is 9.59 Å². The standard InChI is InChI=1S/C18H21F3N2O6/c1-5-17(2)15(25)23(7-6-22-16(26)28-4)12-8-10(14(24)27-3)11(18(19,20)21)9-13(12)29-17/h8-9H,5-7H2,1-4H3,(H,22,26). The van der Waals surface area contributed by atoms with Gasteiger partial charge in [0.15, 0.2) is 5.60 Å². The summed E-state index contributed by atoms with van der Waals surface area (Å²) in [4.78, 5) is 37.3. The minimum Gasteiger partial charge on any atom is -0.476 e. The molecular formula is C18H21F3N2O6. The number of ether oxygens (including phenoxy) is 3. The van der Waals surface area contributed by atoms with Gasteiger partial charge in [-0.1, -0.05) is 6.92 Å². The molecular weight excluding hydrogens is 397 g/mol. The highest BCUT2D eigenvalue weighted by Crippen LogP contribution is 2.44. The van der Waals surface area contributed by atoms with Crippen LogP contribution in [-0.2, 0) is 20.4 Å². The first kappa shape index (κ1) is 22.3. The zero-order valence-electron chi connectivity index (χ0n) is 16.3. The molecule has 0 fully saturated rings. The number of carbonyl (C=O) groups excluding carboxylic acids is 3. The average molecular weight is 418 g/mol. The summed E-state index contributed by atoms with van der Waals surface area (Å²) in [5, 5.41) is 2.39. The highest BCUT2D eigenvalue weighted by atomic mass is 19.4. The second-order valence-corrected chi connectivity index (χ2v) is 6.42. The lowest BCUT2D eigenvalue weighted by molar-refractivity contribution is -0.138. The number of fused-ring (bicyclic) bond motifs is 1. The van der Waals surface area contributed by atoms with Gasteiger partial charge < -0.3 is 24.4 Å². The lowest BCUT2D eigenvalue weighted by Gasteiger charge is -2.40. The molecule has 0 saturated carbocycles. The number of hydrogen-bond acceptors (Lipinski definition) is 6. The Bertz CT molecular complexity index is 827. The van der Waals surface area contributed by atoms with Crippen LogP contribution in [0.2, 0.25) is 0 Å². The third kappa shape index (κ3) is 4.38. The molecule has 0 saturated heterocycles. The molecule has 1 aliphatic heterocycles. The van der Waals surface area contributed by atoms with Crippen LogP contribution in [0.1, 0.15) is 36.2 Å². The Balaban J connectivity index is 2.58. The Morgan fingerprint density at radius 2 is 1.90 bits per heavy atom. The number of rotatable bonds is 5. The maximum Gasteiger partial charge on any atom is 0.417 e. The molecule has 0 aliphatic carbocycles. The smallest absolute Gasteiger partial charge is 0.417 e. The Kier molecular flexibility index (Phi) is 6.29. The number of amides is 2. The highest BCUT2D eigenvalue weighted by molar-refractivity contribution is 6.04. The van der Waals surface area contributed by atoms with E-state index in [1.54, 1.807) is 6.92 Å². The molecule has 0 radical (unpaired) electrons. The van der Waals surface area contributed by atoms with E-state index in [-0.39, 0.29) is 30.9 Å². The first-order valence-corrected chi connectivity index (χ1v) is 8.64. The van der Waals surface area contributed by atoms with Crippen molar-refractivity contribution in [1.29, 1.82) is 0 Å². The molecule has 29 heavy (non-hydrogen) atoms. The number of nitrogens with one attached hydrogen (secondary N) is 1. The number of anilines is 1. The first-order valence-electron chi connectivity index (χ1n) is 8.64. The SMILES string of the molecule is CCC1(C)Oc2cc(C(F)(F)F)c(C(=O)OC)cc2N(CCNC(=O)OC)C1=O. The van der Waals surface area contributed by atoms with Gasteiger partial charge in [-0.3, -0.25) is 4.79 Å². The molecule has 2 amide bonds. The van der Waals surface area contributed by atoms with Gasteiger partial charge in [0, 0.05) is 13.1 Å². The molecule has 11 heteroatoms. The molecule has 160 valence electrons. The van der Waals surface area contributed by atoms with E-state index < -0.39 is 40.9 Å². The van der Waals surface area contributed by atoms with Crippen molar-refractivity contribution in [3.05, 3.63) is 23.3 Å². The molecule has 0 aromatic heterocycles. The summed E-state index contributed by atoms with van der Waals surface area (Å²) in [6.07, 6.45) is -5.39. The third-order valence-electron chi connectivity index (χ3n) is 4.60. The van der Waals surface area contributed by atoms with Crippen molar-refractivity contribution in [3.63, 3.8) is 0 Å². The van der Waals surface area contributed by atoms with Gasteiger partial charge in [-0.05, 0) is 25.5 Å². The predicted octanol–water partition coefficient (Wildman–Crippen LogP) is 2.74. The van der Waals surface area contributed by atoms with Crippen LogP contribution in [0.4, 0.5) is 23.7 Å². The van der Waals surface area contributed by atoms with Crippen LogP contribution < -0.4 is 15.0 Å². The van der Waals surface area contributed by atoms with Crippen LogP contribution in [-0.4, -0.2) is 50.9 Å². The molecule has 0 spiro atoms. The molecule has 1 unspecified atom stereocenters. The number of carbonyl (C=O) groups is 3. The highest BCUT2D eigenvalue weighted by Gasteiger charge is 2.46. The van der Waals surface area contributed by atoms with Crippen molar-refractivity contribution >= 4 is 23.7 Å². The van der Waals surface area contributed by atoms with E-state index in [9.17, 15) is 27.6 Å². The van der Waals surface area contributed by atoms with Gasteiger partial charge in [-0.15, -0.1) is 0 Å². The van der Waals surface area contributed by atoms with Gasteiger partial charge in [0.05, 0.1) is 31.0 Å². The Hall–Kier alpha value is -2.98. The molecule has 1 aromatic carbocycles. The average Bonchev–Trinajstić information content (AvgIpc) is 2.68. The fourth-order valence-electron chi connectivity index (χ4n) is 2.84. The lowest BCUT2D eigenvalue weighted by atomic mass is 9.96. The second kappa shape index (κ2) is 8.18. The van der Waals surface area contributed by atoms with Gasteiger partial charge >= 0.3 is 18.2 Å². The Morgan fingerprint density at radius 1 is 1.24 bits per heavy atom. The zero-order chi connectivity index (χ0) is 22.0.